The predicted octanol–water partition coefficient (Wildman–Crippen LogP) is 2.99. The van der Waals surface area contributed by atoms with E-state index < -0.39 is 21.3 Å². The number of carbonyl (C=O) groups is 1. The number of urea groups is 1. The van der Waals surface area contributed by atoms with Crippen LogP contribution in [0.3, 0.4) is 0 Å². The van der Waals surface area contributed by atoms with Gasteiger partial charge < -0.3 is 5.32 Å². The lowest BCUT2D eigenvalue weighted by molar-refractivity contribution is -0.0315. The number of sulfonamides is 1. The molecule has 29 heavy (non-hydrogen) atoms. The van der Waals surface area contributed by atoms with Crippen LogP contribution < -0.4 is 10.0 Å². The number of amides is 2. The van der Waals surface area contributed by atoms with Crippen molar-refractivity contribution in [2.75, 3.05) is 18.4 Å². The van der Waals surface area contributed by atoms with Crippen LogP contribution in [0.25, 0.3) is 0 Å². The van der Waals surface area contributed by atoms with Crippen LogP contribution in [0.1, 0.15) is 61.8 Å². The maximum atomic E-state index is 12.7. The lowest BCUT2D eigenvalue weighted by Crippen LogP contribution is -2.66. The number of hydrogen-bond acceptors (Lipinski definition) is 4. The number of fused-ring (bicyclic) bond motifs is 2. The van der Waals surface area contributed by atoms with Gasteiger partial charge in [0.25, 0.3) is 0 Å². The van der Waals surface area contributed by atoms with E-state index >= 15 is 0 Å². The highest BCUT2D eigenvalue weighted by atomic mass is 32.2. The van der Waals surface area contributed by atoms with Crippen molar-refractivity contribution >= 4 is 21.7 Å². The molecule has 1 saturated heterocycles. The van der Waals surface area contributed by atoms with Gasteiger partial charge in [-0.2, -0.15) is 0 Å². The average molecular weight is 418 g/mol. The molecule has 2 N–H and O–H groups in total. The largest absolute Gasteiger partial charge is 0.332 e. The summed E-state index contributed by atoms with van der Waals surface area (Å²) in [5.74, 6) is 0. The van der Waals surface area contributed by atoms with E-state index in [2.05, 4.69) is 34.9 Å². The maximum absolute atomic E-state index is 12.7. The molecule has 0 bridgehead atoms. The molecule has 1 aromatic rings. The summed E-state index contributed by atoms with van der Waals surface area (Å²) < 4.78 is 27.7. The Labute approximate surface area is 173 Å². The van der Waals surface area contributed by atoms with Gasteiger partial charge >= 0.3 is 6.03 Å². The van der Waals surface area contributed by atoms with Gasteiger partial charge in [0.2, 0.25) is 10.0 Å². The van der Waals surface area contributed by atoms with E-state index in [0.717, 1.165) is 50.6 Å². The molecule has 1 atom stereocenters. The third-order valence-electron chi connectivity index (χ3n) is 7.67. The van der Waals surface area contributed by atoms with E-state index in [1.54, 1.807) is 0 Å². The van der Waals surface area contributed by atoms with Crippen LogP contribution in [0.2, 0.25) is 0 Å². The fraction of sp³-hybridized carbons (Fsp3) is 0.682. The first-order valence-corrected chi connectivity index (χ1v) is 12.5. The van der Waals surface area contributed by atoms with Gasteiger partial charge in [-0.25, -0.2) is 17.9 Å². The quantitative estimate of drug-likeness (QED) is 0.789. The molecule has 1 unspecified atom stereocenters. The molecule has 158 valence electrons. The van der Waals surface area contributed by atoms with Gasteiger partial charge in [-0.3, -0.25) is 4.90 Å². The van der Waals surface area contributed by atoms with Gasteiger partial charge in [-0.05, 0) is 79.0 Å². The van der Waals surface area contributed by atoms with Crippen molar-refractivity contribution in [1.82, 2.24) is 9.62 Å². The Balaban J connectivity index is 1.25. The zero-order valence-electron chi connectivity index (χ0n) is 17.4. The minimum Gasteiger partial charge on any atom is -0.307 e. The van der Waals surface area contributed by atoms with Crippen molar-refractivity contribution in [1.29, 1.82) is 0 Å². The molecule has 1 saturated carbocycles. The van der Waals surface area contributed by atoms with E-state index in [1.165, 1.54) is 28.7 Å². The second kappa shape index (κ2) is 6.71. The van der Waals surface area contributed by atoms with Crippen LogP contribution in [0.5, 0.6) is 0 Å². The Morgan fingerprint density at radius 1 is 1.07 bits per heavy atom. The molecule has 5 rings (SSSR count). The minimum absolute atomic E-state index is 0.271. The van der Waals surface area contributed by atoms with Crippen molar-refractivity contribution < 1.29 is 13.2 Å². The van der Waals surface area contributed by atoms with Crippen LogP contribution in [-0.4, -0.2) is 43.7 Å². The Morgan fingerprint density at radius 2 is 1.69 bits per heavy atom. The highest BCUT2D eigenvalue weighted by Crippen LogP contribution is 2.45. The van der Waals surface area contributed by atoms with E-state index in [4.69, 9.17) is 0 Å². The Kier molecular flexibility index (Phi) is 4.48. The van der Waals surface area contributed by atoms with Gasteiger partial charge in [-0.1, -0.05) is 19.9 Å². The van der Waals surface area contributed by atoms with E-state index in [9.17, 15) is 13.2 Å². The van der Waals surface area contributed by atoms with Crippen LogP contribution in [0, 0.1) is 5.41 Å². The molecule has 7 heteroatoms. The summed E-state index contributed by atoms with van der Waals surface area (Å²) >= 11 is 0. The summed E-state index contributed by atoms with van der Waals surface area (Å²) in [4.78, 5) is 14.9. The number of aryl methyl sites for hydroxylation is 2. The summed E-state index contributed by atoms with van der Waals surface area (Å²) in [7, 11) is -3.66. The summed E-state index contributed by atoms with van der Waals surface area (Å²) in [6.07, 6.45) is 8.54. The number of benzene rings is 1. The van der Waals surface area contributed by atoms with E-state index in [0.29, 0.717) is 19.1 Å². The second-order valence-corrected chi connectivity index (χ2v) is 11.9. The summed E-state index contributed by atoms with van der Waals surface area (Å²) in [5.41, 5.74) is 6.21. The van der Waals surface area contributed by atoms with E-state index in [1.807, 2.05) is 0 Å². The SMILES string of the molecule is CC1(C)CCC1N1CC(S(=O)(=O)NC(=O)Nc2c3c(cc4c2CCC4)CCC3)C1. The minimum atomic E-state index is -3.66. The van der Waals surface area contributed by atoms with Gasteiger partial charge in [0.15, 0.2) is 0 Å². The van der Waals surface area contributed by atoms with Crippen molar-refractivity contribution in [2.45, 2.75) is 76.5 Å². The van der Waals surface area contributed by atoms with Crippen LogP contribution in [-0.2, 0) is 35.7 Å². The first kappa shape index (κ1) is 19.4. The van der Waals surface area contributed by atoms with Gasteiger partial charge in [0, 0.05) is 24.8 Å². The van der Waals surface area contributed by atoms with Gasteiger partial charge in [0.1, 0.15) is 5.25 Å². The normalized spacial score (nSPS) is 25.7. The summed E-state index contributed by atoms with van der Waals surface area (Å²) in [6.45, 7) is 5.52. The summed E-state index contributed by atoms with van der Waals surface area (Å²) in [5, 5.41) is 2.43. The second-order valence-electron chi connectivity index (χ2n) is 9.95. The lowest BCUT2D eigenvalue weighted by atomic mass is 9.66. The smallest absolute Gasteiger partial charge is 0.307 e. The monoisotopic (exact) mass is 417 g/mol. The number of nitrogens with one attached hydrogen (secondary N) is 2. The summed E-state index contributed by atoms with van der Waals surface area (Å²) in [6, 6.07) is 2.16. The Bertz CT molecular complexity index is 932. The molecule has 2 amide bonds. The number of carbonyl (C=O) groups excluding carboxylic acids is 1. The van der Waals surface area contributed by atoms with Crippen LogP contribution in [0.15, 0.2) is 6.07 Å². The average Bonchev–Trinajstić information content (AvgIpc) is 3.24. The Hall–Kier alpha value is -1.60. The third kappa shape index (κ3) is 3.26. The number of likely N-dealkylation sites (tertiary alicyclic amines) is 1. The molecule has 2 fully saturated rings. The molecule has 0 radical (unpaired) electrons. The van der Waals surface area contributed by atoms with Gasteiger partial charge in [0.05, 0.1) is 0 Å². The molecule has 0 spiro atoms. The highest BCUT2D eigenvalue weighted by molar-refractivity contribution is 7.90. The number of hydrogen-bond donors (Lipinski definition) is 2. The predicted molar refractivity (Wildman–Crippen MR) is 114 cm³/mol. The van der Waals surface area contributed by atoms with Crippen molar-refractivity contribution in [3.8, 4) is 0 Å². The number of anilines is 1. The van der Waals surface area contributed by atoms with Crippen molar-refractivity contribution in [3.63, 3.8) is 0 Å². The van der Waals surface area contributed by atoms with Gasteiger partial charge in [-0.15, -0.1) is 0 Å². The zero-order valence-corrected chi connectivity index (χ0v) is 18.2. The first-order chi connectivity index (χ1) is 13.7. The molecule has 6 nitrogen and oxygen atoms in total. The van der Waals surface area contributed by atoms with Crippen molar-refractivity contribution in [2.24, 2.45) is 5.41 Å². The van der Waals surface area contributed by atoms with Crippen LogP contribution >= 0.6 is 0 Å². The highest BCUT2D eigenvalue weighted by Gasteiger charge is 2.49. The van der Waals surface area contributed by atoms with Crippen molar-refractivity contribution in [3.05, 3.63) is 28.3 Å². The fourth-order valence-corrected chi connectivity index (χ4v) is 7.02. The lowest BCUT2D eigenvalue weighted by Gasteiger charge is -2.55. The molecule has 1 aromatic carbocycles. The first-order valence-electron chi connectivity index (χ1n) is 11.0. The molecule has 0 aromatic heterocycles. The Morgan fingerprint density at radius 3 is 2.21 bits per heavy atom. The number of rotatable bonds is 4. The molecule has 1 heterocycles. The fourth-order valence-electron chi connectivity index (χ4n) is 5.77. The number of nitrogens with zero attached hydrogens (tertiary/aromatic N) is 1. The molecule has 1 aliphatic heterocycles. The molecular weight excluding hydrogens is 386 g/mol. The third-order valence-corrected chi connectivity index (χ3v) is 9.31. The maximum Gasteiger partial charge on any atom is 0.332 e. The topological polar surface area (TPSA) is 78.5 Å². The van der Waals surface area contributed by atoms with E-state index in [-0.39, 0.29) is 5.41 Å². The standard InChI is InChI=1S/C22H31N3O3S/c1-22(2)10-9-19(22)25-12-16(13-25)29(27,28)24-21(26)23-20-17-7-3-5-14(17)11-15-6-4-8-18(15)20/h11,16,19H,3-10,12-13H2,1-2H3,(H2,23,24,26). The molecule has 4 aliphatic rings. The van der Waals surface area contributed by atoms with Crippen LogP contribution in [0.4, 0.5) is 10.5 Å². The molecular formula is C22H31N3O3S. The molecule has 3 aliphatic carbocycles. The zero-order chi connectivity index (χ0) is 20.4.